The molecule has 1 rings (SSSR count). The summed E-state index contributed by atoms with van der Waals surface area (Å²) in [5, 5.41) is 2.63. The van der Waals surface area contributed by atoms with Gasteiger partial charge in [0.2, 0.25) is 0 Å². The second-order valence-electron chi connectivity index (χ2n) is 3.80. The van der Waals surface area contributed by atoms with Gasteiger partial charge in [0, 0.05) is 38.3 Å². The Labute approximate surface area is 110 Å². The summed E-state index contributed by atoms with van der Waals surface area (Å²) in [6.45, 7) is 4.94. The van der Waals surface area contributed by atoms with Crippen LogP contribution < -0.4 is 5.32 Å². The Kier molecular flexibility index (Phi) is 6.66. The lowest BCUT2D eigenvalue weighted by atomic mass is 10.2. The molecule has 0 atom stereocenters. The highest BCUT2D eigenvalue weighted by molar-refractivity contribution is 5.45. The summed E-state index contributed by atoms with van der Waals surface area (Å²) in [7, 11) is 0. The Morgan fingerprint density at radius 1 is 1.11 bits per heavy atom. The molecule has 0 saturated heterocycles. The molecule has 0 bridgehead atoms. The summed E-state index contributed by atoms with van der Waals surface area (Å²) in [5.41, 5.74) is -0.204. The third kappa shape index (κ3) is 5.08. The minimum absolute atomic E-state index is 0.204. The fraction of sp³-hybridized carbons (Fsp3) is 0.538. The van der Waals surface area contributed by atoms with Crippen LogP contribution in [0.4, 0.5) is 18.9 Å². The van der Waals surface area contributed by atoms with Gasteiger partial charge in [-0.05, 0) is 13.8 Å². The first kappa shape index (κ1) is 15.8. The summed E-state index contributed by atoms with van der Waals surface area (Å²) < 4.78 is 49.8. The quantitative estimate of drug-likeness (QED) is 0.584. The molecule has 0 saturated carbocycles. The van der Waals surface area contributed by atoms with Crippen molar-refractivity contribution in [3.63, 3.8) is 0 Å². The standard InChI is InChI=1S/C13H18F3NO2/c1-3-18-12(19-4-2)5-6-17-11-8-9(14)7-10(15)13(11)16/h7-8,12,17H,3-6H2,1-2H3. The van der Waals surface area contributed by atoms with Gasteiger partial charge in [-0.15, -0.1) is 0 Å². The first-order chi connectivity index (χ1) is 9.08. The number of nitrogens with one attached hydrogen (secondary N) is 1. The van der Waals surface area contributed by atoms with Crippen LogP contribution in [0, 0.1) is 17.5 Å². The molecular weight excluding hydrogens is 259 g/mol. The van der Waals surface area contributed by atoms with Crippen molar-refractivity contribution < 1.29 is 22.6 Å². The van der Waals surface area contributed by atoms with E-state index >= 15 is 0 Å². The lowest BCUT2D eigenvalue weighted by molar-refractivity contribution is -0.137. The van der Waals surface area contributed by atoms with E-state index in [0.717, 1.165) is 6.07 Å². The van der Waals surface area contributed by atoms with Gasteiger partial charge in [-0.2, -0.15) is 0 Å². The number of hydrogen-bond acceptors (Lipinski definition) is 3. The van der Waals surface area contributed by atoms with Gasteiger partial charge in [0.05, 0.1) is 5.69 Å². The molecule has 1 N–H and O–H groups in total. The number of rotatable bonds is 8. The molecule has 0 spiro atoms. The molecular formula is C13H18F3NO2. The lowest BCUT2D eigenvalue weighted by Crippen LogP contribution is -2.21. The second-order valence-corrected chi connectivity index (χ2v) is 3.80. The molecule has 0 radical (unpaired) electrons. The highest BCUT2D eigenvalue weighted by atomic mass is 19.2. The van der Waals surface area contributed by atoms with Crippen LogP contribution in [0.5, 0.6) is 0 Å². The number of halogens is 3. The van der Waals surface area contributed by atoms with E-state index in [4.69, 9.17) is 9.47 Å². The molecule has 19 heavy (non-hydrogen) atoms. The highest BCUT2D eigenvalue weighted by Gasteiger charge is 2.12. The van der Waals surface area contributed by atoms with Crippen LogP contribution >= 0.6 is 0 Å². The van der Waals surface area contributed by atoms with Crippen LogP contribution in [0.15, 0.2) is 12.1 Å². The van der Waals surface area contributed by atoms with Crippen LogP contribution in [0.25, 0.3) is 0 Å². The molecule has 0 amide bonds. The molecule has 0 aliphatic heterocycles. The molecule has 1 aromatic carbocycles. The monoisotopic (exact) mass is 277 g/mol. The number of anilines is 1. The molecule has 6 heteroatoms. The third-order valence-electron chi connectivity index (χ3n) is 2.39. The Morgan fingerprint density at radius 2 is 1.74 bits per heavy atom. The number of hydrogen-bond donors (Lipinski definition) is 1. The van der Waals surface area contributed by atoms with E-state index in [1.54, 1.807) is 0 Å². The van der Waals surface area contributed by atoms with Crippen molar-refractivity contribution in [2.45, 2.75) is 26.6 Å². The van der Waals surface area contributed by atoms with Crippen molar-refractivity contribution >= 4 is 5.69 Å². The summed E-state index contributed by atoms with van der Waals surface area (Å²) in [6.07, 6.45) is 0.0307. The Balaban J connectivity index is 2.52. The van der Waals surface area contributed by atoms with Crippen molar-refractivity contribution in [2.75, 3.05) is 25.1 Å². The van der Waals surface area contributed by atoms with Gasteiger partial charge >= 0.3 is 0 Å². The minimum Gasteiger partial charge on any atom is -0.382 e. The largest absolute Gasteiger partial charge is 0.382 e. The first-order valence-electron chi connectivity index (χ1n) is 6.20. The molecule has 0 unspecified atom stereocenters. The van der Waals surface area contributed by atoms with Crippen molar-refractivity contribution in [1.82, 2.24) is 0 Å². The second kappa shape index (κ2) is 8.01. The maximum atomic E-state index is 13.3. The molecule has 108 valence electrons. The summed E-state index contributed by atoms with van der Waals surface area (Å²) in [5.74, 6) is -3.13. The molecule has 3 nitrogen and oxygen atoms in total. The van der Waals surface area contributed by atoms with Crippen LogP contribution in [0.1, 0.15) is 20.3 Å². The Morgan fingerprint density at radius 3 is 2.32 bits per heavy atom. The van der Waals surface area contributed by atoms with Crippen molar-refractivity contribution in [3.05, 3.63) is 29.6 Å². The van der Waals surface area contributed by atoms with Gasteiger partial charge in [-0.3, -0.25) is 0 Å². The van der Waals surface area contributed by atoms with Gasteiger partial charge < -0.3 is 14.8 Å². The van der Waals surface area contributed by atoms with Crippen molar-refractivity contribution in [1.29, 1.82) is 0 Å². The molecule has 0 heterocycles. The zero-order valence-electron chi connectivity index (χ0n) is 11.0. The van der Waals surface area contributed by atoms with E-state index in [1.165, 1.54) is 0 Å². The number of benzene rings is 1. The average molecular weight is 277 g/mol. The summed E-state index contributed by atoms with van der Waals surface area (Å²) in [4.78, 5) is 0. The van der Waals surface area contributed by atoms with Crippen LogP contribution in [0.2, 0.25) is 0 Å². The molecule has 0 fully saturated rings. The van der Waals surface area contributed by atoms with E-state index in [0.29, 0.717) is 25.7 Å². The fourth-order valence-corrected chi connectivity index (χ4v) is 1.60. The maximum absolute atomic E-state index is 13.3. The van der Waals surface area contributed by atoms with E-state index in [2.05, 4.69) is 5.32 Å². The van der Waals surface area contributed by atoms with Crippen LogP contribution in [0.3, 0.4) is 0 Å². The predicted octanol–water partition coefficient (Wildman–Crippen LogP) is 3.31. The van der Waals surface area contributed by atoms with Crippen molar-refractivity contribution in [2.24, 2.45) is 0 Å². The average Bonchev–Trinajstić information content (AvgIpc) is 2.35. The first-order valence-corrected chi connectivity index (χ1v) is 6.20. The maximum Gasteiger partial charge on any atom is 0.182 e. The highest BCUT2D eigenvalue weighted by Crippen LogP contribution is 2.19. The van der Waals surface area contributed by atoms with E-state index in [1.807, 2.05) is 13.8 Å². The number of ether oxygens (including phenoxy) is 2. The molecule has 0 aromatic heterocycles. The van der Waals surface area contributed by atoms with Crippen LogP contribution in [-0.2, 0) is 9.47 Å². The molecule has 0 aliphatic rings. The zero-order chi connectivity index (χ0) is 14.3. The smallest absolute Gasteiger partial charge is 0.182 e. The Bertz CT molecular complexity index is 396. The zero-order valence-corrected chi connectivity index (χ0v) is 11.0. The predicted molar refractivity (Wildman–Crippen MR) is 66.5 cm³/mol. The van der Waals surface area contributed by atoms with Gasteiger partial charge in [-0.1, -0.05) is 0 Å². The van der Waals surface area contributed by atoms with Gasteiger partial charge in [0.25, 0.3) is 0 Å². The summed E-state index contributed by atoms with van der Waals surface area (Å²) in [6, 6.07) is 1.42. The third-order valence-corrected chi connectivity index (χ3v) is 2.39. The normalized spacial score (nSPS) is 11.1. The Hall–Kier alpha value is -1.27. The van der Waals surface area contributed by atoms with Crippen molar-refractivity contribution in [3.8, 4) is 0 Å². The molecule has 0 aliphatic carbocycles. The van der Waals surface area contributed by atoms with Gasteiger partial charge in [0.15, 0.2) is 17.9 Å². The molecule has 1 aromatic rings. The SMILES string of the molecule is CCOC(CCNc1cc(F)cc(F)c1F)OCC. The van der Waals surface area contributed by atoms with E-state index < -0.39 is 23.7 Å². The summed E-state index contributed by atoms with van der Waals surface area (Å²) >= 11 is 0. The van der Waals surface area contributed by atoms with Gasteiger partial charge in [-0.25, -0.2) is 13.2 Å². The van der Waals surface area contributed by atoms with E-state index in [9.17, 15) is 13.2 Å². The topological polar surface area (TPSA) is 30.5 Å². The van der Waals surface area contributed by atoms with Gasteiger partial charge in [0.1, 0.15) is 5.82 Å². The van der Waals surface area contributed by atoms with E-state index in [-0.39, 0.29) is 12.2 Å². The minimum atomic E-state index is -1.21. The van der Waals surface area contributed by atoms with Crippen LogP contribution in [-0.4, -0.2) is 26.0 Å². The fourth-order valence-electron chi connectivity index (χ4n) is 1.60. The lowest BCUT2D eigenvalue weighted by Gasteiger charge is -2.17.